The van der Waals surface area contributed by atoms with Crippen molar-refractivity contribution in [1.29, 1.82) is 0 Å². The van der Waals surface area contributed by atoms with Crippen molar-refractivity contribution in [3.05, 3.63) is 0 Å². The molecule has 2 unspecified atom stereocenters. The van der Waals surface area contributed by atoms with E-state index in [0.717, 1.165) is 24.5 Å². The summed E-state index contributed by atoms with van der Waals surface area (Å²) in [5.41, 5.74) is 0. The number of amides is 1. The molecule has 0 saturated carbocycles. The maximum Gasteiger partial charge on any atom is 0.326 e. The van der Waals surface area contributed by atoms with Gasteiger partial charge < -0.3 is 10.0 Å². The molecule has 116 valence electrons. The Hall–Kier alpha value is -0.0100. The highest BCUT2D eigenvalue weighted by Gasteiger charge is 2.25. The smallest absolute Gasteiger partial charge is 0.326 e. The van der Waals surface area contributed by atoms with Gasteiger partial charge in [0.15, 0.2) is 0 Å². The van der Waals surface area contributed by atoms with E-state index in [9.17, 15) is 9.59 Å². The first kappa shape index (κ1) is 18.0. The summed E-state index contributed by atoms with van der Waals surface area (Å²) < 4.78 is 0. The predicted molar refractivity (Wildman–Crippen MR) is 89.6 cm³/mol. The zero-order valence-electron chi connectivity index (χ0n) is 11.8. The molecule has 1 amide bonds. The van der Waals surface area contributed by atoms with E-state index >= 15 is 0 Å². The van der Waals surface area contributed by atoms with Crippen LogP contribution in [0.4, 0.5) is 0 Å². The largest absolute Gasteiger partial charge is 0.480 e. The molecule has 0 aliphatic carbocycles. The summed E-state index contributed by atoms with van der Waals surface area (Å²) >= 11 is 4.05. The van der Waals surface area contributed by atoms with Gasteiger partial charge in [-0.2, -0.15) is 12.6 Å². The Kier molecular flexibility index (Phi) is 8.88. The molecule has 1 fully saturated rings. The number of carboxylic acids is 1. The topological polar surface area (TPSA) is 57.6 Å². The summed E-state index contributed by atoms with van der Waals surface area (Å²) in [5.74, 6) is 0.675. The van der Waals surface area contributed by atoms with E-state index < -0.39 is 12.0 Å². The van der Waals surface area contributed by atoms with Crippen LogP contribution in [0.2, 0.25) is 0 Å². The molecule has 1 N–H and O–H groups in total. The number of nitrogens with zero attached hydrogens (tertiary/aromatic N) is 1. The molecule has 0 bridgehead atoms. The summed E-state index contributed by atoms with van der Waals surface area (Å²) in [6.07, 6.45) is 5.15. The van der Waals surface area contributed by atoms with Crippen molar-refractivity contribution in [3.63, 3.8) is 0 Å². The molecule has 0 radical (unpaired) electrons. The molecule has 1 saturated heterocycles. The van der Waals surface area contributed by atoms with Gasteiger partial charge >= 0.3 is 5.97 Å². The minimum atomic E-state index is -0.950. The quantitative estimate of drug-likeness (QED) is 0.385. The monoisotopic (exact) mass is 337 g/mol. The summed E-state index contributed by atoms with van der Waals surface area (Å²) in [5, 5.41) is 9.85. The van der Waals surface area contributed by atoms with Crippen molar-refractivity contribution >= 4 is 46.1 Å². The van der Waals surface area contributed by atoms with Crippen LogP contribution in [0, 0.1) is 0 Å². The van der Waals surface area contributed by atoms with Gasteiger partial charge in [0.2, 0.25) is 5.91 Å². The average molecular weight is 338 g/mol. The van der Waals surface area contributed by atoms with Crippen molar-refractivity contribution in [3.8, 4) is 0 Å². The SMILES string of the molecule is CN(C(=O)CCCCC1CCSS1)C(CCS)C(=O)O. The Labute approximate surface area is 134 Å². The maximum absolute atomic E-state index is 12.0. The van der Waals surface area contributed by atoms with Crippen molar-refractivity contribution in [2.45, 2.75) is 49.8 Å². The minimum absolute atomic E-state index is 0.0763. The fourth-order valence-corrected chi connectivity index (χ4v) is 5.44. The zero-order chi connectivity index (χ0) is 15.0. The molecule has 1 rings (SSSR count). The lowest BCUT2D eigenvalue weighted by Crippen LogP contribution is -2.42. The Morgan fingerprint density at radius 1 is 1.45 bits per heavy atom. The Balaban J connectivity index is 2.24. The highest BCUT2D eigenvalue weighted by atomic mass is 33.1. The molecule has 0 aromatic carbocycles. The third-order valence-electron chi connectivity index (χ3n) is 3.44. The standard InChI is InChI=1S/C13H23NO3S3/c1-14(11(6-8-18)13(16)17)12(15)5-3-2-4-10-7-9-19-20-10/h10-11,18H,2-9H2,1H3,(H,16,17). The first-order valence-corrected chi connectivity index (χ1v) is 9.95. The maximum atomic E-state index is 12.0. The van der Waals surface area contributed by atoms with Crippen LogP contribution < -0.4 is 0 Å². The van der Waals surface area contributed by atoms with Gasteiger partial charge in [0.25, 0.3) is 0 Å². The second-order valence-electron chi connectivity index (χ2n) is 4.95. The number of carbonyl (C=O) groups is 2. The molecular formula is C13H23NO3S3. The van der Waals surface area contributed by atoms with Crippen LogP contribution >= 0.6 is 34.2 Å². The molecule has 7 heteroatoms. The van der Waals surface area contributed by atoms with Crippen LogP contribution in [0.25, 0.3) is 0 Å². The first-order valence-electron chi connectivity index (χ1n) is 6.94. The van der Waals surface area contributed by atoms with Crippen LogP contribution in [0.1, 0.15) is 38.5 Å². The van der Waals surface area contributed by atoms with Crippen molar-refractivity contribution in [2.75, 3.05) is 18.6 Å². The second-order valence-corrected chi connectivity index (χ2v) is 8.18. The number of carboxylic acid groups (broad SMARTS) is 1. The second kappa shape index (κ2) is 9.84. The molecule has 0 aromatic rings. The van der Waals surface area contributed by atoms with Gasteiger partial charge in [-0.15, -0.1) is 0 Å². The third kappa shape index (κ3) is 6.18. The number of carbonyl (C=O) groups excluding carboxylic acids is 1. The van der Waals surface area contributed by atoms with Gasteiger partial charge in [-0.05, 0) is 31.4 Å². The molecule has 0 spiro atoms. The Morgan fingerprint density at radius 3 is 2.75 bits per heavy atom. The van der Waals surface area contributed by atoms with Crippen LogP contribution in [0.5, 0.6) is 0 Å². The summed E-state index contributed by atoms with van der Waals surface area (Å²) in [7, 11) is 5.47. The lowest BCUT2D eigenvalue weighted by atomic mass is 10.1. The lowest BCUT2D eigenvalue weighted by Gasteiger charge is -2.24. The average Bonchev–Trinajstić information content (AvgIpc) is 2.92. The normalized spacial score (nSPS) is 19.8. The summed E-state index contributed by atoms with van der Waals surface area (Å²) in [6.45, 7) is 0. The van der Waals surface area contributed by atoms with Gasteiger partial charge in [-0.25, -0.2) is 4.79 Å². The van der Waals surface area contributed by atoms with Gasteiger partial charge in [0.05, 0.1) is 0 Å². The number of aliphatic carboxylic acids is 1. The molecule has 1 heterocycles. The molecule has 2 atom stereocenters. The van der Waals surface area contributed by atoms with Gasteiger partial charge in [0.1, 0.15) is 6.04 Å². The highest BCUT2D eigenvalue weighted by molar-refractivity contribution is 8.77. The molecule has 1 aliphatic rings. The fraction of sp³-hybridized carbons (Fsp3) is 0.846. The van der Waals surface area contributed by atoms with E-state index in [2.05, 4.69) is 12.6 Å². The number of hydrogen-bond acceptors (Lipinski definition) is 5. The van der Waals surface area contributed by atoms with E-state index in [0.29, 0.717) is 18.6 Å². The van der Waals surface area contributed by atoms with Crippen LogP contribution in [-0.2, 0) is 9.59 Å². The number of rotatable bonds is 9. The summed E-state index contributed by atoms with van der Waals surface area (Å²) in [4.78, 5) is 24.5. The van der Waals surface area contributed by atoms with Crippen molar-refractivity contribution in [1.82, 2.24) is 4.90 Å². The van der Waals surface area contributed by atoms with Crippen molar-refractivity contribution < 1.29 is 14.7 Å². The highest BCUT2D eigenvalue weighted by Crippen LogP contribution is 2.39. The fourth-order valence-electron chi connectivity index (χ4n) is 2.17. The lowest BCUT2D eigenvalue weighted by molar-refractivity contribution is -0.149. The van der Waals surface area contributed by atoms with Gasteiger partial charge in [0, 0.05) is 24.5 Å². The molecule has 0 aromatic heterocycles. The third-order valence-corrected chi connectivity index (χ3v) is 6.71. The molecular weight excluding hydrogens is 314 g/mol. The number of hydrogen-bond donors (Lipinski definition) is 2. The van der Waals surface area contributed by atoms with E-state index in [1.54, 1.807) is 7.05 Å². The van der Waals surface area contributed by atoms with Gasteiger partial charge in [-0.3, -0.25) is 4.79 Å². The Morgan fingerprint density at radius 2 is 2.20 bits per heavy atom. The van der Waals surface area contributed by atoms with Crippen LogP contribution in [0.15, 0.2) is 0 Å². The van der Waals surface area contributed by atoms with Gasteiger partial charge in [-0.1, -0.05) is 28.0 Å². The number of thiol groups is 1. The predicted octanol–water partition coefficient (Wildman–Crippen LogP) is 2.93. The number of unbranched alkanes of at least 4 members (excludes halogenated alkanes) is 1. The molecule has 1 aliphatic heterocycles. The zero-order valence-corrected chi connectivity index (χ0v) is 14.3. The van der Waals surface area contributed by atoms with E-state index in [4.69, 9.17) is 5.11 Å². The summed E-state index contributed by atoms with van der Waals surface area (Å²) in [6, 6.07) is -0.748. The first-order chi connectivity index (χ1) is 9.56. The molecule has 20 heavy (non-hydrogen) atoms. The van der Waals surface area contributed by atoms with E-state index in [1.807, 2.05) is 21.6 Å². The molecule has 4 nitrogen and oxygen atoms in total. The number of likely N-dealkylation sites (N-methyl/N-ethyl adjacent to an activating group) is 1. The van der Waals surface area contributed by atoms with Crippen molar-refractivity contribution in [2.24, 2.45) is 0 Å². The van der Waals surface area contributed by atoms with E-state index in [-0.39, 0.29) is 5.91 Å². The Bertz CT molecular complexity index is 322. The van der Waals surface area contributed by atoms with Crippen LogP contribution in [-0.4, -0.2) is 51.7 Å². The van der Waals surface area contributed by atoms with E-state index in [1.165, 1.54) is 17.1 Å². The van der Waals surface area contributed by atoms with Crippen LogP contribution in [0.3, 0.4) is 0 Å². The minimum Gasteiger partial charge on any atom is -0.480 e.